The summed E-state index contributed by atoms with van der Waals surface area (Å²) in [6.45, 7) is 0.146. The predicted molar refractivity (Wildman–Crippen MR) is 116 cm³/mol. The van der Waals surface area contributed by atoms with Crippen molar-refractivity contribution in [3.8, 4) is 0 Å². The fraction of sp³-hybridized carbons (Fsp3) is 0.0870. The van der Waals surface area contributed by atoms with Crippen LogP contribution in [0.15, 0.2) is 72.8 Å². The number of hydrogen-bond donors (Lipinski definition) is 2. The van der Waals surface area contributed by atoms with Gasteiger partial charge in [0, 0.05) is 18.7 Å². The number of benzene rings is 3. The van der Waals surface area contributed by atoms with Crippen LogP contribution in [-0.2, 0) is 22.6 Å². The van der Waals surface area contributed by atoms with Gasteiger partial charge >= 0.3 is 11.8 Å². The van der Waals surface area contributed by atoms with Crippen LogP contribution in [0.25, 0.3) is 10.2 Å². The smallest absolute Gasteiger partial charge is 0.313 e. The highest BCUT2D eigenvalue weighted by Gasteiger charge is 2.13. The van der Waals surface area contributed by atoms with E-state index in [0.29, 0.717) is 17.7 Å². The summed E-state index contributed by atoms with van der Waals surface area (Å²) in [5.74, 6) is -1.86. The van der Waals surface area contributed by atoms with Gasteiger partial charge in [-0.05, 0) is 47.5 Å². The molecule has 0 saturated heterocycles. The topological polar surface area (TPSA) is 71.1 Å². The molecule has 5 nitrogen and oxygen atoms in total. The second-order valence-corrected chi connectivity index (χ2v) is 7.83. The molecule has 0 aliphatic heterocycles. The summed E-state index contributed by atoms with van der Waals surface area (Å²) in [5, 5.41) is 6.11. The van der Waals surface area contributed by atoms with Gasteiger partial charge in [-0.1, -0.05) is 36.4 Å². The van der Waals surface area contributed by atoms with Gasteiger partial charge in [0.1, 0.15) is 5.82 Å². The maximum Gasteiger partial charge on any atom is 0.313 e. The lowest BCUT2D eigenvalue weighted by Gasteiger charge is -2.07. The Morgan fingerprint density at radius 2 is 1.57 bits per heavy atom. The number of halogens is 1. The fourth-order valence-electron chi connectivity index (χ4n) is 2.93. The Morgan fingerprint density at radius 1 is 0.867 bits per heavy atom. The van der Waals surface area contributed by atoms with Crippen LogP contribution in [0.4, 0.5) is 10.1 Å². The maximum atomic E-state index is 12.9. The zero-order valence-electron chi connectivity index (χ0n) is 15.9. The monoisotopic (exact) mass is 419 g/mol. The van der Waals surface area contributed by atoms with Crippen LogP contribution < -0.4 is 10.6 Å². The van der Waals surface area contributed by atoms with Crippen molar-refractivity contribution < 1.29 is 14.0 Å². The first-order chi connectivity index (χ1) is 14.6. The number of anilines is 1. The summed E-state index contributed by atoms with van der Waals surface area (Å²) in [7, 11) is 0. The van der Waals surface area contributed by atoms with E-state index in [2.05, 4.69) is 21.7 Å². The minimum Gasteiger partial charge on any atom is -0.344 e. The summed E-state index contributed by atoms with van der Waals surface area (Å²) in [6, 6.07) is 21.0. The number of nitrogens with one attached hydrogen (secondary N) is 2. The first-order valence-electron chi connectivity index (χ1n) is 9.34. The van der Waals surface area contributed by atoms with Gasteiger partial charge < -0.3 is 10.6 Å². The van der Waals surface area contributed by atoms with Crippen LogP contribution in [0.5, 0.6) is 0 Å². The third kappa shape index (κ3) is 4.87. The van der Waals surface area contributed by atoms with E-state index in [1.165, 1.54) is 12.1 Å². The Bertz CT molecular complexity index is 1150. The molecule has 0 spiro atoms. The molecular formula is C23H18FN3O2S. The van der Waals surface area contributed by atoms with E-state index in [1.54, 1.807) is 35.6 Å². The van der Waals surface area contributed by atoms with Gasteiger partial charge in [-0.15, -0.1) is 11.3 Å². The van der Waals surface area contributed by atoms with Crippen molar-refractivity contribution in [2.75, 3.05) is 5.32 Å². The zero-order valence-corrected chi connectivity index (χ0v) is 16.7. The molecule has 0 atom stereocenters. The number of carbonyl (C=O) groups excluding carboxylic acids is 2. The van der Waals surface area contributed by atoms with Gasteiger partial charge in [-0.25, -0.2) is 9.37 Å². The van der Waals surface area contributed by atoms with Crippen molar-refractivity contribution >= 4 is 39.1 Å². The number of hydrogen-bond acceptors (Lipinski definition) is 4. The quantitative estimate of drug-likeness (QED) is 0.474. The lowest BCUT2D eigenvalue weighted by molar-refractivity contribution is -0.136. The average molecular weight is 419 g/mol. The van der Waals surface area contributed by atoms with Crippen LogP contribution in [0, 0.1) is 5.82 Å². The Balaban J connectivity index is 1.31. The van der Waals surface area contributed by atoms with E-state index in [4.69, 9.17) is 0 Å². The summed E-state index contributed by atoms with van der Waals surface area (Å²) in [6.07, 6.45) is 0.700. The molecule has 7 heteroatoms. The van der Waals surface area contributed by atoms with E-state index < -0.39 is 11.8 Å². The van der Waals surface area contributed by atoms with Crippen LogP contribution in [0.3, 0.4) is 0 Å². The number of carbonyl (C=O) groups is 2. The van der Waals surface area contributed by atoms with Crippen molar-refractivity contribution in [1.82, 2.24) is 10.3 Å². The van der Waals surface area contributed by atoms with E-state index in [-0.39, 0.29) is 12.4 Å². The molecule has 4 rings (SSSR count). The molecule has 0 saturated carbocycles. The molecule has 0 aliphatic carbocycles. The molecule has 4 aromatic rings. The number of para-hydroxylation sites is 1. The SMILES string of the molecule is O=C(NCc1ccc(F)cc1)C(=O)Nc1ccc(Cc2nc3ccccc3s2)cc1. The number of rotatable bonds is 5. The molecule has 2 amide bonds. The van der Waals surface area contributed by atoms with Gasteiger partial charge in [0.15, 0.2) is 0 Å². The van der Waals surface area contributed by atoms with Crippen LogP contribution in [0.1, 0.15) is 16.1 Å². The normalized spacial score (nSPS) is 10.7. The van der Waals surface area contributed by atoms with Crippen molar-refractivity contribution in [3.05, 3.63) is 94.7 Å². The Labute approximate surface area is 176 Å². The van der Waals surface area contributed by atoms with E-state index in [0.717, 1.165) is 20.8 Å². The number of nitrogens with zero attached hydrogens (tertiary/aromatic N) is 1. The minimum absolute atomic E-state index is 0.146. The summed E-state index contributed by atoms with van der Waals surface area (Å²) in [4.78, 5) is 28.7. The maximum absolute atomic E-state index is 12.9. The van der Waals surface area contributed by atoms with E-state index in [9.17, 15) is 14.0 Å². The average Bonchev–Trinajstić information content (AvgIpc) is 3.17. The predicted octanol–water partition coefficient (Wildman–Crippen LogP) is 4.28. The second kappa shape index (κ2) is 8.84. The molecule has 0 radical (unpaired) electrons. The molecule has 30 heavy (non-hydrogen) atoms. The van der Waals surface area contributed by atoms with Gasteiger partial charge in [0.05, 0.1) is 15.2 Å². The largest absolute Gasteiger partial charge is 0.344 e. The standard InChI is InChI=1S/C23H18FN3O2S/c24-17-9-5-16(6-10-17)14-25-22(28)23(29)26-18-11-7-15(8-12-18)13-21-27-19-3-1-2-4-20(19)30-21/h1-12H,13-14H2,(H,25,28)(H,26,29). The molecule has 0 fully saturated rings. The van der Waals surface area contributed by atoms with Crippen molar-refractivity contribution in [2.24, 2.45) is 0 Å². The molecule has 0 aliphatic rings. The fourth-order valence-corrected chi connectivity index (χ4v) is 3.93. The van der Waals surface area contributed by atoms with Crippen molar-refractivity contribution in [1.29, 1.82) is 0 Å². The first kappa shape index (κ1) is 19.7. The van der Waals surface area contributed by atoms with Crippen LogP contribution in [0.2, 0.25) is 0 Å². The number of thiazole rings is 1. The van der Waals surface area contributed by atoms with Gasteiger partial charge in [-0.3, -0.25) is 9.59 Å². The Kier molecular flexibility index (Phi) is 5.81. The minimum atomic E-state index is -0.754. The Morgan fingerprint density at radius 3 is 2.30 bits per heavy atom. The second-order valence-electron chi connectivity index (χ2n) is 6.71. The lowest BCUT2D eigenvalue weighted by atomic mass is 10.1. The van der Waals surface area contributed by atoms with Gasteiger partial charge in [-0.2, -0.15) is 0 Å². The lowest BCUT2D eigenvalue weighted by Crippen LogP contribution is -2.34. The van der Waals surface area contributed by atoms with Gasteiger partial charge in [0.2, 0.25) is 0 Å². The van der Waals surface area contributed by atoms with Crippen molar-refractivity contribution in [2.45, 2.75) is 13.0 Å². The molecule has 0 bridgehead atoms. The highest BCUT2D eigenvalue weighted by Crippen LogP contribution is 2.24. The van der Waals surface area contributed by atoms with E-state index in [1.807, 2.05) is 30.3 Å². The summed E-state index contributed by atoms with van der Waals surface area (Å²) >= 11 is 1.66. The molecule has 1 aromatic heterocycles. The molecule has 1 heterocycles. The molecule has 2 N–H and O–H groups in total. The van der Waals surface area contributed by atoms with Crippen LogP contribution in [-0.4, -0.2) is 16.8 Å². The van der Waals surface area contributed by atoms with Crippen LogP contribution >= 0.6 is 11.3 Å². The first-order valence-corrected chi connectivity index (χ1v) is 10.2. The third-order valence-corrected chi connectivity index (χ3v) is 5.51. The molecule has 150 valence electrons. The highest BCUT2D eigenvalue weighted by atomic mass is 32.1. The summed E-state index contributed by atoms with van der Waals surface area (Å²) < 4.78 is 14.1. The molecule has 0 unspecified atom stereocenters. The van der Waals surface area contributed by atoms with Crippen molar-refractivity contribution in [3.63, 3.8) is 0 Å². The summed E-state index contributed by atoms with van der Waals surface area (Å²) in [5.41, 5.74) is 3.29. The number of amides is 2. The Hall–Kier alpha value is -3.58. The molecular weight excluding hydrogens is 401 g/mol. The molecule has 3 aromatic carbocycles. The number of fused-ring (bicyclic) bond motifs is 1. The highest BCUT2D eigenvalue weighted by molar-refractivity contribution is 7.18. The number of aromatic nitrogens is 1. The third-order valence-electron chi connectivity index (χ3n) is 4.48. The van der Waals surface area contributed by atoms with E-state index >= 15 is 0 Å². The van der Waals surface area contributed by atoms with Gasteiger partial charge in [0.25, 0.3) is 0 Å². The zero-order chi connectivity index (χ0) is 20.9.